The SMILES string of the molecule is CCCCNc1ccccc1C(=O)OCC(=O)NC1(C#N)CCCC1. The maximum atomic E-state index is 12.3. The highest BCUT2D eigenvalue weighted by Crippen LogP contribution is 2.28. The molecule has 0 aromatic heterocycles. The highest BCUT2D eigenvalue weighted by Gasteiger charge is 2.35. The number of hydrogen-bond donors (Lipinski definition) is 2. The van der Waals surface area contributed by atoms with Crippen molar-refractivity contribution in [2.75, 3.05) is 18.5 Å². The van der Waals surface area contributed by atoms with Crippen molar-refractivity contribution >= 4 is 17.6 Å². The van der Waals surface area contributed by atoms with Crippen molar-refractivity contribution < 1.29 is 14.3 Å². The standard InChI is InChI=1S/C19H25N3O3/c1-2-3-12-21-16-9-5-4-8-15(16)18(24)25-13-17(23)22-19(14-20)10-6-7-11-19/h4-5,8-9,21H,2-3,6-7,10-13H2,1H3,(H,22,23). The van der Waals surface area contributed by atoms with Crippen LogP contribution in [0.4, 0.5) is 5.69 Å². The fourth-order valence-electron chi connectivity index (χ4n) is 2.97. The summed E-state index contributed by atoms with van der Waals surface area (Å²) in [6.45, 7) is 2.48. The molecule has 1 aromatic carbocycles. The molecule has 0 aliphatic heterocycles. The fraction of sp³-hybridized carbons (Fsp3) is 0.526. The Morgan fingerprint density at radius 1 is 1.28 bits per heavy atom. The third kappa shape index (κ3) is 5.21. The van der Waals surface area contributed by atoms with Gasteiger partial charge < -0.3 is 15.4 Å². The predicted octanol–water partition coefficient (Wildman–Crippen LogP) is 3.01. The van der Waals surface area contributed by atoms with Crippen LogP contribution in [0.3, 0.4) is 0 Å². The number of carbonyl (C=O) groups is 2. The monoisotopic (exact) mass is 343 g/mol. The number of carbonyl (C=O) groups excluding carboxylic acids is 2. The number of esters is 1. The Balaban J connectivity index is 1.89. The van der Waals surface area contributed by atoms with E-state index in [1.165, 1.54) is 0 Å². The average molecular weight is 343 g/mol. The van der Waals surface area contributed by atoms with Gasteiger partial charge >= 0.3 is 5.97 Å². The molecule has 25 heavy (non-hydrogen) atoms. The van der Waals surface area contributed by atoms with Gasteiger partial charge in [-0.25, -0.2) is 4.79 Å². The molecular weight excluding hydrogens is 318 g/mol. The average Bonchev–Trinajstić information content (AvgIpc) is 3.09. The summed E-state index contributed by atoms with van der Waals surface area (Å²) in [6, 6.07) is 9.26. The van der Waals surface area contributed by atoms with Crippen LogP contribution in [0.25, 0.3) is 0 Å². The van der Waals surface area contributed by atoms with E-state index in [1.807, 2.05) is 12.1 Å². The number of para-hydroxylation sites is 1. The molecule has 134 valence electrons. The van der Waals surface area contributed by atoms with E-state index in [0.29, 0.717) is 24.1 Å². The molecule has 0 unspecified atom stereocenters. The third-order valence-corrected chi connectivity index (χ3v) is 4.38. The molecule has 0 radical (unpaired) electrons. The maximum absolute atomic E-state index is 12.3. The topological polar surface area (TPSA) is 91.2 Å². The van der Waals surface area contributed by atoms with Crippen molar-refractivity contribution in [3.05, 3.63) is 29.8 Å². The minimum Gasteiger partial charge on any atom is -0.452 e. The third-order valence-electron chi connectivity index (χ3n) is 4.38. The zero-order valence-electron chi connectivity index (χ0n) is 14.6. The summed E-state index contributed by atoms with van der Waals surface area (Å²) < 4.78 is 5.14. The van der Waals surface area contributed by atoms with Gasteiger partial charge in [0.1, 0.15) is 5.54 Å². The highest BCUT2D eigenvalue weighted by molar-refractivity contribution is 5.96. The number of nitrogens with one attached hydrogen (secondary N) is 2. The van der Waals surface area contributed by atoms with Crippen LogP contribution in [0.1, 0.15) is 55.8 Å². The second-order valence-electron chi connectivity index (χ2n) is 6.35. The van der Waals surface area contributed by atoms with E-state index in [0.717, 1.165) is 32.2 Å². The molecule has 0 spiro atoms. The number of hydrogen-bond acceptors (Lipinski definition) is 5. The van der Waals surface area contributed by atoms with Gasteiger partial charge in [-0.05, 0) is 44.2 Å². The van der Waals surface area contributed by atoms with Gasteiger partial charge in [-0.3, -0.25) is 4.79 Å². The Morgan fingerprint density at radius 2 is 2.00 bits per heavy atom. The lowest BCUT2D eigenvalue weighted by atomic mass is 10.00. The van der Waals surface area contributed by atoms with Gasteiger partial charge in [-0.2, -0.15) is 5.26 Å². The molecule has 1 fully saturated rings. The van der Waals surface area contributed by atoms with E-state index in [4.69, 9.17) is 4.74 Å². The molecule has 0 saturated heterocycles. The minimum absolute atomic E-state index is 0.383. The summed E-state index contributed by atoms with van der Waals surface area (Å²) in [5.41, 5.74) is 0.302. The van der Waals surface area contributed by atoms with Crippen molar-refractivity contribution in [2.24, 2.45) is 0 Å². The lowest BCUT2D eigenvalue weighted by Gasteiger charge is -2.21. The minimum atomic E-state index is -0.802. The van der Waals surface area contributed by atoms with Gasteiger partial charge in [0.25, 0.3) is 5.91 Å². The largest absolute Gasteiger partial charge is 0.452 e. The molecule has 1 aliphatic carbocycles. The summed E-state index contributed by atoms with van der Waals surface area (Å²) in [6.07, 6.45) is 5.19. The molecule has 0 heterocycles. The molecule has 2 rings (SSSR count). The number of unbranched alkanes of at least 4 members (excludes halogenated alkanes) is 1. The van der Waals surface area contributed by atoms with Crippen LogP contribution < -0.4 is 10.6 Å². The molecule has 0 bridgehead atoms. The van der Waals surface area contributed by atoms with Gasteiger partial charge in [0.2, 0.25) is 0 Å². The molecule has 1 saturated carbocycles. The number of ether oxygens (including phenoxy) is 1. The van der Waals surface area contributed by atoms with Crippen LogP contribution in [0.5, 0.6) is 0 Å². The lowest BCUT2D eigenvalue weighted by molar-refractivity contribution is -0.125. The van der Waals surface area contributed by atoms with Gasteiger partial charge in [0.15, 0.2) is 6.61 Å². The number of nitriles is 1. The number of anilines is 1. The highest BCUT2D eigenvalue weighted by atomic mass is 16.5. The molecule has 1 amide bonds. The van der Waals surface area contributed by atoms with E-state index in [1.54, 1.807) is 12.1 Å². The van der Waals surface area contributed by atoms with Gasteiger partial charge in [0.05, 0.1) is 11.6 Å². The summed E-state index contributed by atoms with van der Waals surface area (Å²) in [5, 5.41) is 15.2. The quantitative estimate of drug-likeness (QED) is 0.559. The summed E-state index contributed by atoms with van der Waals surface area (Å²) in [4.78, 5) is 24.3. The first kappa shape index (κ1) is 18.8. The van der Waals surface area contributed by atoms with Crippen molar-refractivity contribution in [2.45, 2.75) is 51.0 Å². The summed E-state index contributed by atoms with van der Waals surface area (Å²) in [5.74, 6) is -0.986. The zero-order valence-corrected chi connectivity index (χ0v) is 14.6. The first-order valence-electron chi connectivity index (χ1n) is 8.82. The van der Waals surface area contributed by atoms with E-state index >= 15 is 0 Å². The molecule has 6 heteroatoms. The Hall–Kier alpha value is -2.55. The first-order valence-corrected chi connectivity index (χ1v) is 8.82. The normalized spacial score (nSPS) is 15.2. The van der Waals surface area contributed by atoms with E-state index in [-0.39, 0.29) is 6.61 Å². The van der Waals surface area contributed by atoms with Crippen LogP contribution in [-0.4, -0.2) is 30.6 Å². The van der Waals surface area contributed by atoms with E-state index in [9.17, 15) is 14.9 Å². The van der Waals surface area contributed by atoms with E-state index < -0.39 is 17.4 Å². The van der Waals surface area contributed by atoms with Crippen molar-refractivity contribution in [1.82, 2.24) is 5.32 Å². The van der Waals surface area contributed by atoms with Gasteiger partial charge in [-0.15, -0.1) is 0 Å². The summed E-state index contributed by atoms with van der Waals surface area (Å²) >= 11 is 0. The smallest absolute Gasteiger partial charge is 0.340 e. The molecule has 0 atom stereocenters. The van der Waals surface area contributed by atoms with Crippen molar-refractivity contribution in [1.29, 1.82) is 5.26 Å². The van der Waals surface area contributed by atoms with Crippen LogP contribution in [0, 0.1) is 11.3 Å². The molecule has 1 aromatic rings. The van der Waals surface area contributed by atoms with E-state index in [2.05, 4.69) is 23.6 Å². The van der Waals surface area contributed by atoms with Crippen LogP contribution in [0.2, 0.25) is 0 Å². The number of rotatable bonds is 8. The van der Waals surface area contributed by atoms with Gasteiger partial charge in [0, 0.05) is 12.2 Å². The lowest BCUT2D eigenvalue weighted by Crippen LogP contribution is -2.46. The van der Waals surface area contributed by atoms with Crippen LogP contribution >= 0.6 is 0 Å². The Kier molecular flexibility index (Phi) is 6.81. The second kappa shape index (κ2) is 9.07. The maximum Gasteiger partial charge on any atom is 0.340 e. The zero-order chi connectivity index (χ0) is 18.1. The fourth-order valence-corrected chi connectivity index (χ4v) is 2.97. The summed E-state index contributed by atoms with van der Waals surface area (Å²) in [7, 11) is 0. The second-order valence-corrected chi connectivity index (χ2v) is 6.35. The number of nitrogens with zero attached hydrogens (tertiary/aromatic N) is 1. The van der Waals surface area contributed by atoms with Crippen molar-refractivity contribution in [3.8, 4) is 6.07 Å². The van der Waals surface area contributed by atoms with Crippen LogP contribution in [0.15, 0.2) is 24.3 Å². The number of benzene rings is 1. The Bertz CT molecular complexity index is 646. The molecule has 1 aliphatic rings. The first-order chi connectivity index (χ1) is 12.1. The number of amides is 1. The van der Waals surface area contributed by atoms with Crippen molar-refractivity contribution in [3.63, 3.8) is 0 Å². The van der Waals surface area contributed by atoms with Crippen LogP contribution in [-0.2, 0) is 9.53 Å². The Morgan fingerprint density at radius 3 is 2.68 bits per heavy atom. The predicted molar refractivity (Wildman–Crippen MR) is 95.1 cm³/mol. The van der Waals surface area contributed by atoms with Gasteiger partial charge in [-0.1, -0.05) is 25.5 Å². The molecule has 2 N–H and O–H groups in total. The Labute approximate surface area is 148 Å². The molecule has 6 nitrogen and oxygen atoms in total. The molecular formula is C19H25N3O3.